The average molecular weight is 400 g/mol. The first-order valence-electron chi connectivity index (χ1n) is 8.70. The summed E-state index contributed by atoms with van der Waals surface area (Å²) in [6.07, 6.45) is -0.160. The van der Waals surface area contributed by atoms with E-state index in [-0.39, 0.29) is 30.2 Å². The highest BCUT2D eigenvalue weighted by Crippen LogP contribution is 2.25. The molecule has 0 aliphatic carbocycles. The molecule has 2 aromatic carbocycles. The molecule has 0 heterocycles. The van der Waals surface area contributed by atoms with Crippen molar-refractivity contribution in [2.75, 3.05) is 6.61 Å². The van der Waals surface area contributed by atoms with Crippen LogP contribution in [0.5, 0.6) is 5.75 Å². The maximum absolute atomic E-state index is 11.8. The first-order chi connectivity index (χ1) is 14.0. The number of nitro benzene ring substituents is 1. The molecule has 152 valence electrons. The van der Waals surface area contributed by atoms with Crippen molar-refractivity contribution in [2.24, 2.45) is 0 Å². The molecule has 0 spiro atoms. The summed E-state index contributed by atoms with van der Waals surface area (Å²) in [5, 5.41) is 13.6. The van der Waals surface area contributed by atoms with Crippen molar-refractivity contribution in [1.29, 1.82) is 0 Å². The van der Waals surface area contributed by atoms with Gasteiger partial charge in [0.2, 0.25) is 11.8 Å². The van der Waals surface area contributed by atoms with Gasteiger partial charge in [0.15, 0.2) is 12.4 Å². The highest BCUT2D eigenvalue weighted by molar-refractivity contribution is 5.86. The van der Waals surface area contributed by atoms with Crippen molar-refractivity contribution in [3.63, 3.8) is 0 Å². The van der Waals surface area contributed by atoms with E-state index in [0.29, 0.717) is 6.54 Å². The van der Waals surface area contributed by atoms with Gasteiger partial charge < -0.3 is 10.1 Å². The Hall–Kier alpha value is -3.95. The zero-order valence-electron chi connectivity index (χ0n) is 15.4. The van der Waals surface area contributed by atoms with Crippen LogP contribution in [0.25, 0.3) is 0 Å². The lowest BCUT2D eigenvalue weighted by Crippen LogP contribution is -2.44. The number of hydrazine groups is 1. The first-order valence-corrected chi connectivity index (χ1v) is 8.70. The Labute approximate surface area is 166 Å². The van der Waals surface area contributed by atoms with Gasteiger partial charge in [0.1, 0.15) is 0 Å². The number of benzene rings is 2. The highest BCUT2D eigenvalue weighted by Gasteiger charge is 2.15. The van der Waals surface area contributed by atoms with E-state index < -0.39 is 23.3 Å². The van der Waals surface area contributed by atoms with E-state index in [9.17, 15) is 24.5 Å². The third-order valence-corrected chi connectivity index (χ3v) is 3.67. The lowest BCUT2D eigenvalue weighted by molar-refractivity contribution is -0.385. The second kappa shape index (κ2) is 11.0. The van der Waals surface area contributed by atoms with Gasteiger partial charge in [-0.05, 0) is 11.6 Å². The molecule has 2 rings (SSSR count). The molecule has 10 nitrogen and oxygen atoms in total. The molecule has 10 heteroatoms. The van der Waals surface area contributed by atoms with Crippen LogP contribution in [-0.4, -0.2) is 29.3 Å². The van der Waals surface area contributed by atoms with E-state index in [1.165, 1.54) is 24.3 Å². The normalized spacial score (nSPS) is 9.93. The molecule has 0 aliphatic rings. The van der Waals surface area contributed by atoms with Crippen molar-refractivity contribution < 1.29 is 24.0 Å². The molecule has 0 saturated carbocycles. The second-order valence-electron chi connectivity index (χ2n) is 5.87. The summed E-state index contributed by atoms with van der Waals surface area (Å²) in [7, 11) is 0. The number of ether oxygens (including phenoxy) is 1. The van der Waals surface area contributed by atoms with Crippen molar-refractivity contribution >= 4 is 23.4 Å². The Kier molecular flexibility index (Phi) is 8.11. The van der Waals surface area contributed by atoms with Gasteiger partial charge in [-0.25, -0.2) is 0 Å². The van der Waals surface area contributed by atoms with Crippen LogP contribution in [0.1, 0.15) is 18.4 Å². The van der Waals surface area contributed by atoms with Crippen molar-refractivity contribution in [3.8, 4) is 5.75 Å². The van der Waals surface area contributed by atoms with Gasteiger partial charge >= 0.3 is 5.69 Å². The van der Waals surface area contributed by atoms with Gasteiger partial charge in [-0.2, -0.15) is 0 Å². The summed E-state index contributed by atoms with van der Waals surface area (Å²) < 4.78 is 5.10. The van der Waals surface area contributed by atoms with Crippen LogP contribution in [0.4, 0.5) is 5.69 Å². The van der Waals surface area contributed by atoms with Gasteiger partial charge in [-0.3, -0.25) is 35.3 Å². The van der Waals surface area contributed by atoms with Gasteiger partial charge in [0.05, 0.1) is 4.92 Å². The molecule has 3 amide bonds. The smallest absolute Gasteiger partial charge is 0.310 e. The predicted molar refractivity (Wildman–Crippen MR) is 102 cm³/mol. The molecule has 0 aromatic heterocycles. The fourth-order valence-corrected chi connectivity index (χ4v) is 2.22. The number of hydrogen-bond donors (Lipinski definition) is 3. The number of nitrogens with one attached hydrogen (secondary N) is 3. The minimum absolute atomic E-state index is 0.0404. The van der Waals surface area contributed by atoms with E-state index in [0.717, 1.165) is 5.56 Å². The lowest BCUT2D eigenvalue weighted by Gasteiger charge is -2.09. The summed E-state index contributed by atoms with van der Waals surface area (Å²) in [4.78, 5) is 45.4. The summed E-state index contributed by atoms with van der Waals surface area (Å²) in [6.45, 7) is -0.163. The zero-order chi connectivity index (χ0) is 21.1. The molecule has 0 saturated heterocycles. The molecule has 0 bridgehead atoms. The number of amides is 3. The first kappa shape index (κ1) is 21.4. The number of carbonyl (C=O) groups is 3. The maximum Gasteiger partial charge on any atom is 0.310 e. The van der Waals surface area contributed by atoms with Gasteiger partial charge in [0.25, 0.3) is 5.91 Å². The van der Waals surface area contributed by atoms with Crippen molar-refractivity contribution in [1.82, 2.24) is 16.2 Å². The summed E-state index contributed by atoms with van der Waals surface area (Å²) in [5.41, 5.74) is 4.94. The van der Waals surface area contributed by atoms with Gasteiger partial charge in [0, 0.05) is 25.5 Å². The van der Waals surface area contributed by atoms with Crippen LogP contribution in [0.2, 0.25) is 0 Å². The van der Waals surface area contributed by atoms with E-state index in [4.69, 9.17) is 4.74 Å². The van der Waals surface area contributed by atoms with Crippen molar-refractivity contribution in [3.05, 3.63) is 70.3 Å². The van der Waals surface area contributed by atoms with Crippen LogP contribution >= 0.6 is 0 Å². The second-order valence-corrected chi connectivity index (χ2v) is 5.87. The molecule has 0 atom stereocenters. The number of nitro groups is 1. The topological polar surface area (TPSA) is 140 Å². The van der Waals surface area contributed by atoms with Crippen LogP contribution in [0.15, 0.2) is 54.6 Å². The Morgan fingerprint density at radius 3 is 2.21 bits per heavy atom. The molecule has 0 radical (unpaired) electrons. The molecule has 0 fully saturated rings. The number of nitrogens with zero attached hydrogens (tertiary/aromatic N) is 1. The van der Waals surface area contributed by atoms with Crippen LogP contribution in [-0.2, 0) is 20.9 Å². The molecular weight excluding hydrogens is 380 g/mol. The standard InChI is InChI=1S/C19H20N4O6/c24-17(20-12-14-6-2-1-3-7-14)10-11-18(25)21-22-19(26)13-29-16-9-5-4-8-15(16)23(27)28/h1-9H,10-13H2,(H,20,24)(H,21,25)(H,22,26). The third kappa shape index (κ3) is 7.67. The fraction of sp³-hybridized carbons (Fsp3) is 0.211. The minimum atomic E-state index is -0.704. The predicted octanol–water partition coefficient (Wildman–Crippen LogP) is 1.22. The van der Waals surface area contributed by atoms with E-state index in [2.05, 4.69) is 16.2 Å². The molecule has 3 N–H and O–H groups in total. The zero-order valence-corrected chi connectivity index (χ0v) is 15.4. The number of rotatable bonds is 9. The Balaban J connectivity index is 1.64. The van der Waals surface area contributed by atoms with Crippen LogP contribution in [0.3, 0.4) is 0 Å². The molecular formula is C19H20N4O6. The minimum Gasteiger partial charge on any atom is -0.477 e. The Morgan fingerprint density at radius 1 is 0.862 bits per heavy atom. The van der Waals surface area contributed by atoms with E-state index in [1.54, 1.807) is 0 Å². The number of carbonyl (C=O) groups excluding carboxylic acids is 3. The van der Waals surface area contributed by atoms with Crippen LogP contribution in [0, 0.1) is 10.1 Å². The monoisotopic (exact) mass is 400 g/mol. The van der Waals surface area contributed by atoms with Gasteiger partial charge in [-0.1, -0.05) is 42.5 Å². The lowest BCUT2D eigenvalue weighted by atomic mass is 10.2. The van der Waals surface area contributed by atoms with Gasteiger partial charge in [-0.15, -0.1) is 0 Å². The fourth-order valence-electron chi connectivity index (χ4n) is 2.22. The Morgan fingerprint density at radius 2 is 1.48 bits per heavy atom. The van der Waals surface area contributed by atoms with E-state index >= 15 is 0 Å². The molecule has 29 heavy (non-hydrogen) atoms. The summed E-state index contributed by atoms with van der Waals surface area (Å²) >= 11 is 0. The quantitative estimate of drug-likeness (QED) is 0.427. The largest absolute Gasteiger partial charge is 0.477 e. The average Bonchev–Trinajstić information content (AvgIpc) is 2.74. The number of hydrogen-bond acceptors (Lipinski definition) is 6. The molecule has 0 unspecified atom stereocenters. The third-order valence-electron chi connectivity index (χ3n) is 3.67. The maximum atomic E-state index is 11.8. The molecule has 0 aliphatic heterocycles. The SMILES string of the molecule is O=C(CCC(=O)NNC(=O)COc1ccccc1[N+](=O)[O-])NCc1ccccc1. The number of para-hydroxylation sites is 2. The highest BCUT2D eigenvalue weighted by atomic mass is 16.6. The van der Waals surface area contributed by atoms with Crippen LogP contribution < -0.4 is 20.9 Å². The Bertz CT molecular complexity index is 872. The van der Waals surface area contributed by atoms with E-state index in [1.807, 2.05) is 30.3 Å². The molecule has 2 aromatic rings. The summed E-state index contributed by atoms with van der Waals surface area (Å²) in [5.74, 6) is -1.62. The van der Waals surface area contributed by atoms with Crippen molar-refractivity contribution in [2.45, 2.75) is 19.4 Å². The summed E-state index contributed by atoms with van der Waals surface area (Å²) in [6, 6.07) is 14.9.